The molecule has 1 aromatic heterocycles. The molecule has 2 amide bonds. The normalized spacial score (nSPS) is 16.6. The number of rotatable bonds is 5. The predicted octanol–water partition coefficient (Wildman–Crippen LogP) is 1.94. The second-order valence-electron chi connectivity index (χ2n) is 7.53. The zero-order chi connectivity index (χ0) is 23.5. The Morgan fingerprint density at radius 2 is 2.06 bits per heavy atom. The lowest BCUT2D eigenvalue weighted by molar-refractivity contribution is -0.137. The molecule has 1 unspecified atom stereocenters. The number of alkyl halides is 3. The van der Waals surface area contributed by atoms with Crippen LogP contribution in [-0.4, -0.2) is 59.2 Å². The van der Waals surface area contributed by atoms with E-state index in [0.717, 1.165) is 17.7 Å². The molecule has 1 atom stereocenters. The van der Waals surface area contributed by atoms with Crippen LogP contribution in [0.2, 0.25) is 0 Å². The summed E-state index contributed by atoms with van der Waals surface area (Å²) in [6.45, 7) is 2.76. The summed E-state index contributed by atoms with van der Waals surface area (Å²) in [6, 6.07) is 4.06. The number of nitrogens with one attached hydrogen (secondary N) is 1. The molecule has 0 spiro atoms. The lowest BCUT2D eigenvalue weighted by Gasteiger charge is -2.42. The van der Waals surface area contributed by atoms with Gasteiger partial charge in [0.1, 0.15) is 6.04 Å². The second kappa shape index (κ2) is 9.30. The fraction of sp³-hybridized carbons (Fsp3) is 0.429. The van der Waals surface area contributed by atoms with Crippen molar-refractivity contribution < 1.29 is 22.8 Å². The Labute approximate surface area is 183 Å². The molecule has 1 aliphatic heterocycles. The molecular formula is C21H23F3N6O2. The van der Waals surface area contributed by atoms with Crippen molar-refractivity contribution in [1.82, 2.24) is 20.0 Å². The Morgan fingerprint density at radius 1 is 1.31 bits per heavy atom. The van der Waals surface area contributed by atoms with Gasteiger partial charge in [-0.25, -0.2) is 0 Å². The van der Waals surface area contributed by atoms with Crippen LogP contribution in [0.1, 0.15) is 23.1 Å². The molecule has 0 bridgehead atoms. The van der Waals surface area contributed by atoms with Crippen LogP contribution in [0.5, 0.6) is 0 Å². The Balaban J connectivity index is 1.78. The van der Waals surface area contributed by atoms with Gasteiger partial charge in [-0.2, -0.15) is 23.5 Å². The van der Waals surface area contributed by atoms with Gasteiger partial charge in [0.2, 0.25) is 11.8 Å². The van der Waals surface area contributed by atoms with E-state index < -0.39 is 29.3 Å². The number of nitrogens with zero attached hydrogens (tertiary/aromatic N) is 5. The van der Waals surface area contributed by atoms with E-state index in [1.165, 1.54) is 18.0 Å². The maximum Gasteiger partial charge on any atom is 0.417 e. The van der Waals surface area contributed by atoms with Crippen LogP contribution >= 0.6 is 0 Å². The maximum atomic E-state index is 13.4. The molecule has 2 aromatic rings. The number of hydrogen-bond acceptors (Lipinski definition) is 5. The number of carbonyl (C=O) groups excluding carboxylic acids is 2. The highest BCUT2D eigenvalue weighted by atomic mass is 19.4. The van der Waals surface area contributed by atoms with Gasteiger partial charge in [0, 0.05) is 45.0 Å². The Kier molecular flexibility index (Phi) is 6.72. The molecule has 1 aliphatic rings. The Bertz CT molecular complexity index is 1040. The first-order chi connectivity index (χ1) is 15.1. The lowest BCUT2D eigenvalue weighted by atomic mass is 10.0. The fourth-order valence-electron chi connectivity index (χ4n) is 3.71. The Morgan fingerprint density at radius 3 is 2.66 bits per heavy atom. The standard InChI is InChI=1S/C21H23F3N6O2/c1-14-11-27-29(12-14)6-5-19(31)28-7-8-30(18(13-28)20(32)26-2)16-4-3-15(10-25)17(9-16)21(22,23)24/h3-4,9,11-12,18H,5-8,13H2,1-2H3,(H,26,32). The molecule has 0 radical (unpaired) electrons. The zero-order valence-electron chi connectivity index (χ0n) is 17.7. The van der Waals surface area contributed by atoms with E-state index in [2.05, 4.69) is 10.4 Å². The van der Waals surface area contributed by atoms with Gasteiger partial charge >= 0.3 is 6.18 Å². The average molecular weight is 448 g/mol. The van der Waals surface area contributed by atoms with Crippen LogP contribution in [0.25, 0.3) is 0 Å². The monoisotopic (exact) mass is 448 g/mol. The molecule has 1 saturated heterocycles. The summed E-state index contributed by atoms with van der Waals surface area (Å²) < 4.78 is 41.8. The highest BCUT2D eigenvalue weighted by Gasteiger charge is 2.37. The van der Waals surface area contributed by atoms with Crippen molar-refractivity contribution in [2.45, 2.75) is 32.1 Å². The summed E-state index contributed by atoms with van der Waals surface area (Å²) in [4.78, 5) is 28.3. The van der Waals surface area contributed by atoms with Gasteiger partial charge in [-0.05, 0) is 30.7 Å². The van der Waals surface area contributed by atoms with E-state index in [-0.39, 0.29) is 37.6 Å². The van der Waals surface area contributed by atoms with E-state index in [4.69, 9.17) is 5.26 Å². The smallest absolute Gasteiger partial charge is 0.357 e. The number of halogens is 3. The number of aryl methyl sites for hydroxylation is 2. The quantitative estimate of drug-likeness (QED) is 0.755. The number of aromatic nitrogens is 2. The summed E-state index contributed by atoms with van der Waals surface area (Å²) in [5.74, 6) is -0.578. The van der Waals surface area contributed by atoms with E-state index in [1.807, 2.05) is 13.1 Å². The van der Waals surface area contributed by atoms with E-state index in [0.29, 0.717) is 6.54 Å². The number of likely N-dealkylation sites (N-methyl/N-ethyl adjacent to an activating group) is 1. The molecule has 11 heteroatoms. The van der Waals surface area contributed by atoms with E-state index >= 15 is 0 Å². The number of benzene rings is 1. The van der Waals surface area contributed by atoms with E-state index in [9.17, 15) is 22.8 Å². The maximum absolute atomic E-state index is 13.4. The molecular weight excluding hydrogens is 425 g/mol. The van der Waals surface area contributed by atoms with Crippen molar-refractivity contribution >= 4 is 17.5 Å². The first-order valence-electron chi connectivity index (χ1n) is 10.0. The molecule has 2 heterocycles. The van der Waals surface area contributed by atoms with Gasteiger partial charge in [0.15, 0.2) is 0 Å². The third kappa shape index (κ3) is 5.01. The third-order valence-electron chi connectivity index (χ3n) is 5.36. The molecule has 0 aliphatic carbocycles. The van der Waals surface area contributed by atoms with Crippen molar-refractivity contribution in [2.24, 2.45) is 0 Å². The SMILES string of the molecule is CNC(=O)C1CN(C(=O)CCn2cc(C)cn2)CCN1c1ccc(C#N)c(C(F)(F)F)c1. The minimum Gasteiger partial charge on any atom is -0.357 e. The topological polar surface area (TPSA) is 94.3 Å². The molecule has 1 N–H and O–H groups in total. The second-order valence-corrected chi connectivity index (χ2v) is 7.53. The minimum atomic E-state index is -4.70. The van der Waals surface area contributed by atoms with Gasteiger partial charge in [0.25, 0.3) is 0 Å². The fourth-order valence-corrected chi connectivity index (χ4v) is 3.71. The van der Waals surface area contributed by atoms with Crippen LogP contribution < -0.4 is 10.2 Å². The highest BCUT2D eigenvalue weighted by Crippen LogP contribution is 2.35. The summed E-state index contributed by atoms with van der Waals surface area (Å²) >= 11 is 0. The van der Waals surface area contributed by atoms with Crippen molar-refractivity contribution in [3.05, 3.63) is 47.3 Å². The Hall–Kier alpha value is -3.55. The number of hydrogen-bond donors (Lipinski definition) is 1. The first kappa shape index (κ1) is 23.1. The van der Waals surface area contributed by atoms with Crippen molar-refractivity contribution in [3.63, 3.8) is 0 Å². The zero-order valence-corrected chi connectivity index (χ0v) is 17.7. The summed E-state index contributed by atoms with van der Waals surface area (Å²) in [5.41, 5.74) is -0.392. The van der Waals surface area contributed by atoms with Crippen LogP contribution in [0.3, 0.4) is 0 Å². The first-order valence-corrected chi connectivity index (χ1v) is 10.0. The molecule has 3 rings (SSSR count). The van der Waals surface area contributed by atoms with Gasteiger partial charge in [0.05, 0.1) is 29.9 Å². The van der Waals surface area contributed by atoms with Crippen molar-refractivity contribution in [3.8, 4) is 6.07 Å². The third-order valence-corrected chi connectivity index (χ3v) is 5.36. The van der Waals surface area contributed by atoms with E-state index in [1.54, 1.807) is 21.8 Å². The molecule has 1 fully saturated rings. The molecule has 170 valence electrons. The van der Waals surface area contributed by atoms with Crippen molar-refractivity contribution in [1.29, 1.82) is 5.26 Å². The average Bonchev–Trinajstić information content (AvgIpc) is 3.20. The number of anilines is 1. The molecule has 1 aromatic carbocycles. The van der Waals surface area contributed by atoms with Crippen LogP contribution in [0.4, 0.5) is 18.9 Å². The molecule has 32 heavy (non-hydrogen) atoms. The van der Waals surface area contributed by atoms with Gasteiger partial charge in [-0.1, -0.05) is 0 Å². The number of piperazine rings is 1. The highest BCUT2D eigenvalue weighted by molar-refractivity contribution is 5.87. The van der Waals surface area contributed by atoms with Gasteiger partial charge in [-0.15, -0.1) is 0 Å². The van der Waals surface area contributed by atoms with Crippen LogP contribution in [-0.2, 0) is 22.3 Å². The van der Waals surface area contributed by atoms with Crippen LogP contribution in [0.15, 0.2) is 30.6 Å². The molecule has 8 nitrogen and oxygen atoms in total. The van der Waals surface area contributed by atoms with Gasteiger partial charge < -0.3 is 15.1 Å². The lowest BCUT2D eigenvalue weighted by Crippen LogP contribution is -2.60. The summed E-state index contributed by atoms with van der Waals surface area (Å²) in [7, 11) is 1.43. The summed E-state index contributed by atoms with van der Waals surface area (Å²) in [6.07, 6.45) is -0.998. The summed E-state index contributed by atoms with van der Waals surface area (Å²) in [5, 5.41) is 15.7. The number of amides is 2. The van der Waals surface area contributed by atoms with Crippen LogP contribution in [0, 0.1) is 18.3 Å². The molecule has 0 saturated carbocycles. The van der Waals surface area contributed by atoms with Crippen molar-refractivity contribution in [2.75, 3.05) is 31.6 Å². The number of carbonyl (C=O) groups is 2. The van der Waals surface area contributed by atoms with Gasteiger partial charge in [-0.3, -0.25) is 14.3 Å². The predicted molar refractivity (Wildman–Crippen MR) is 110 cm³/mol. The number of nitriles is 1. The minimum absolute atomic E-state index is 0.0397. The largest absolute Gasteiger partial charge is 0.417 e.